The maximum atomic E-state index is 5.76. The summed E-state index contributed by atoms with van der Waals surface area (Å²) in [7, 11) is -1.22. The van der Waals surface area contributed by atoms with Crippen LogP contribution in [0.1, 0.15) is 20.3 Å². The van der Waals surface area contributed by atoms with Gasteiger partial charge in [0, 0.05) is 13.2 Å². The van der Waals surface area contributed by atoms with Gasteiger partial charge in [-0.15, -0.1) is 0 Å². The van der Waals surface area contributed by atoms with Crippen LogP contribution in [0.5, 0.6) is 0 Å². The Hall–Kier alpha value is 0.137. The van der Waals surface area contributed by atoms with Crippen LogP contribution in [0, 0.1) is 0 Å². The van der Waals surface area contributed by atoms with Gasteiger partial charge in [0.15, 0.2) is 5.41 Å². The maximum Gasteiger partial charge on any atom is 0.151 e. The van der Waals surface area contributed by atoms with Crippen LogP contribution in [0.25, 0.3) is 0 Å². The normalized spacial score (nSPS) is 25.0. The molecule has 1 saturated heterocycles. The molecule has 1 fully saturated rings. The van der Waals surface area contributed by atoms with E-state index in [9.17, 15) is 0 Å². The van der Waals surface area contributed by atoms with Gasteiger partial charge in [0.2, 0.25) is 0 Å². The fraction of sp³-hybridized carbons (Fsp3) is 1.00. The van der Waals surface area contributed by atoms with Crippen molar-refractivity contribution in [1.82, 2.24) is 0 Å². The highest BCUT2D eigenvalue weighted by atomic mass is 28.3. The Balaban J connectivity index is 2.60. The van der Waals surface area contributed by atoms with Gasteiger partial charge in [-0.1, -0.05) is 13.1 Å². The summed E-state index contributed by atoms with van der Waals surface area (Å²) in [5, 5.41) is 0. The van der Waals surface area contributed by atoms with Crippen molar-refractivity contribution in [2.24, 2.45) is 0 Å². The van der Waals surface area contributed by atoms with Gasteiger partial charge in [-0.25, -0.2) is 0 Å². The SMILES string of the molecule is CCOC1(OCC)CC[Si]1(C)C. The second-order valence-electron chi connectivity index (χ2n) is 4.00. The molecule has 1 aliphatic rings. The summed E-state index contributed by atoms with van der Waals surface area (Å²) in [5.41, 5.74) is -0.142. The highest BCUT2D eigenvalue weighted by Crippen LogP contribution is 2.45. The zero-order valence-electron chi connectivity index (χ0n) is 8.64. The molecule has 0 atom stereocenters. The van der Waals surface area contributed by atoms with E-state index in [4.69, 9.17) is 9.47 Å². The van der Waals surface area contributed by atoms with E-state index in [2.05, 4.69) is 13.1 Å². The third-order valence-corrected chi connectivity index (χ3v) is 6.97. The minimum atomic E-state index is -1.22. The Kier molecular flexibility index (Phi) is 2.96. The molecule has 0 saturated carbocycles. The molecule has 0 bridgehead atoms. The molecule has 0 N–H and O–H groups in total. The first-order chi connectivity index (χ1) is 5.58. The summed E-state index contributed by atoms with van der Waals surface area (Å²) in [6, 6.07) is 1.34. The first kappa shape index (κ1) is 10.2. The Morgan fingerprint density at radius 1 is 1.17 bits per heavy atom. The van der Waals surface area contributed by atoms with Crippen molar-refractivity contribution < 1.29 is 9.47 Å². The molecule has 0 unspecified atom stereocenters. The maximum absolute atomic E-state index is 5.76. The molecule has 1 rings (SSSR count). The standard InChI is InChI=1S/C9H20O2Si/c1-5-10-9(11-6-2)7-8-12(9,3)4/h5-8H2,1-4H3. The lowest BCUT2D eigenvalue weighted by Crippen LogP contribution is -2.66. The Morgan fingerprint density at radius 2 is 1.67 bits per heavy atom. The summed E-state index contributed by atoms with van der Waals surface area (Å²) >= 11 is 0. The summed E-state index contributed by atoms with van der Waals surface area (Å²) < 4.78 is 11.5. The van der Waals surface area contributed by atoms with E-state index in [1.165, 1.54) is 6.04 Å². The highest BCUT2D eigenvalue weighted by molar-refractivity contribution is 6.82. The second kappa shape index (κ2) is 3.48. The molecule has 0 aromatic rings. The van der Waals surface area contributed by atoms with Crippen LogP contribution in [0.2, 0.25) is 19.1 Å². The minimum Gasteiger partial charge on any atom is -0.354 e. The Bertz CT molecular complexity index is 151. The van der Waals surface area contributed by atoms with Crippen LogP contribution >= 0.6 is 0 Å². The molecular weight excluding hydrogens is 168 g/mol. The predicted molar refractivity (Wildman–Crippen MR) is 52.9 cm³/mol. The van der Waals surface area contributed by atoms with Gasteiger partial charge in [0.1, 0.15) is 8.07 Å². The van der Waals surface area contributed by atoms with Gasteiger partial charge in [0.05, 0.1) is 0 Å². The van der Waals surface area contributed by atoms with Gasteiger partial charge in [-0.05, 0) is 26.3 Å². The average Bonchev–Trinajstić information content (AvgIpc) is 2.02. The molecule has 1 aliphatic heterocycles. The molecule has 0 amide bonds. The summed E-state index contributed by atoms with van der Waals surface area (Å²) in [4.78, 5) is 0. The van der Waals surface area contributed by atoms with Crippen LogP contribution in [0.15, 0.2) is 0 Å². The summed E-state index contributed by atoms with van der Waals surface area (Å²) in [6.45, 7) is 10.3. The lowest BCUT2D eigenvalue weighted by molar-refractivity contribution is -0.197. The number of hydrogen-bond donors (Lipinski definition) is 0. The minimum absolute atomic E-state index is 0.142. The van der Waals surface area contributed by atoms with Crippen molar-refractivity contribution in [1.29, 1.82) is 0 Å². The summed E-state index contributed by atoms with van der Waals surface area (Å²) in [6.07, 6.45) is 1.11. The smallest absolute Gasteiger partial charge is 0.151 e. The number of ether oxygens (including phenoxy) is 2. The van der Waals surface area contributed by atoms with Crippen LogP contribution in [-0.4, -0.2) is 26.7 Å². The fourth-order valence-electron chi connectivity index (χ4n) is 1.87. The van der Waals surface area contributed by atoms with Crippen LogP contribution in [0.4, 0.5) is 0 Å². The van der Waals surface area contributed by atoms with Gasteiger partial charge in [-0.2, -0.15) is 0 Å². The zero-order chi connectivity index (χ0) is 9.24. The van der Waals surface area contributed by atoms with Crippen molar-refractivity contribution in [3.05, 3.63) is 0 Å². The van der Waals surface area contributed by atoms with Gasteiger partial charge < -0.3 is 9.47 Å². The highest BCUT2D eigenvalue weighted by Gasteiger charge is 2.56. The van der Waals surface area contributed by atoms with Crippen molar-refractivity contribution in [2.75, 3.05) is 13.2 Å². The van der Waals surface area contributed by atoms with Crippen LogP contribution in [-0.2, 0) is 9.47 Å². The zero-order valence-corrected chi connectivity index (χ0v) is 9.64. The number of rotatable bonds is 4. The topological polar surface area (TPSA) is 18.5 Å². The Morgan fingerprint density at radius 3 is 1.83 bits per heavy atom. The number of hydrogen-bond acceptors (Lipinski definition) is 2. The fourth-order valence-corrected chi connectivity index (χ4v) is 4.60. The molecule has 2 nitrogen and oxygen atoms in total. The quantitative estimate of drug-likeness (QED) is 0.498. The molecular formula is C9H20O2Si. The van der Waals surface area contributed by atoms with Crippen molar-refractivity contribution in [3.8, 4) is 0 Å². The largest absolute Gasteiger partial charge is 0.354 e. The van der Waals surface area contributed by atoms with Crippen molar-refractivity contribution >= 4 is 8.07 Å². The van der Waals surface area contributed by atoms with Gasteiger partial charge in [-0.3, -0.25) is 0 Å². The first-order valence-electron chi connectivity index (χ1n) is 4.86. The van der Waals surface area contributed by atoms with Crippen LogP contribution < -0.4 is 0 Å². The molecule has 0 aliphatic carbocycles. The summed E-state index contributed by atoms with van der Waals surface area (Å²) in [5.74, 6) is 0. The van der Waals surface area contributed by atoms with Gasteiger partial charge in [0.25, 0.3) is 0 Å². The molecule has 1 heterocycles. The molecule has 72 valence electrons. The van der Waals surface area contributed by atoms with Crippen LogP contribution in [0.3, 0.4) is 0 Å². The van der Waals surface area contributed by atoms with E-state index in [0.717, 1.165) is 19.6 Å². The molecule has 3 heteroatoms. The van der Waals surface area contributed by atoms with E-state index in [-0.39, 0.29) is 5.41 Å². The predicted octanol–water partition coefficient (Wildman–Crippen LogP) is 2.41. The monoisotopic (exact) mass is 188 g/mol. The van der Waals surface area contributed by atoms with Crippen molar-refractivity contribution in [2.45, 2.75) is 44.8 Å². The third kappa shape index (κ3) is 1.45. The second-order valence-corrected chi connectivity index (χ2v) is 9.03. The van der Waals surface area contributed by atoms with E-state index in [0.29, 0.717) is 0 Å². The van der Waals surface area contributed by atoms with E-state index < -0.39 is 8.07 Å². The Labute approximate surface area is 76.3 Å². The van der Waals surface area contributed by atoms with E-state index in [1.54, 1.807) is 0 Å². The molecule has 0 aromatic carbocycles. The molecule has 0 aromatic heterocycles. The molecule has 0 radical (unpaired) electrons. The van der Waals surface area contributed by atoms with E-state index in [1.807, 2.05) is 13.8 Å². The average molecular weight is 188 g/mol. The first-order valence-corrected chi connectivity index (χ1v) is 8.06. The van der Waals surface area contributed by atoms with E-state index >= 15 is 0 Å². The third-order valence-electron chi connectivity index (χ3n) is 2.87. The van der Waals surface area contributed by atoms with Gasteiger partial charge >= 0.3 is 0 Å². The lowest BCUT2D eigenvalue weighted by atomic mass is 10.4. The molecule has 0 spiro atoms. The van der Waals surface area contributed by atoms with Crippen molar-refractivity contribution in [3.63, 3.8) is 0 Å². The lowest BCUT2D eigenvalue weighted by Gasteiger charge is -2.53. The molecule has 12 heavy (non-hydrogen) atoms.